The van der Waals surface area contributed by atoms with Crippen LogP contribution in [0.25, 0.3) is 0 Å². The van der Waals surface area contributed by atoms with Crippen LogP contribution in [0, 0.1) is 0 Å². The Morgan fingerprint density at radius 1 is 1.28 bits per heavy atom. The Morgan fingerprint density at radius 2 is 1.78 bits per heavy atom. The van der Waals surface area contributed by atoms with Gasteiger partial charge in [-0.2, -0.15) is 0 Å². The molecule has 1 rings (SSSR count). The lowest BCUT2D eigenvalue weighted by Gasteiger charge is -2.11. The molecule has 0 saturated carbocycles. The molecule has 18 heavy (non-hydrogen) atoms. The van der Waals surface area contributed by atoms with Gasteiger partial charge in [0.05, 0.1) is 0 Å². The number of rotatable bonds is 4. The highest BCUT2D eigenvalue weighted by Crippen LogP contribution is 2.18. The third kappa shape index (κ3) is 8.57. The molecule has 2 heteroatoms. The van der Waals surface area contributed by atoms with Crippen LogP contribution in [-0.4, -0.2) is 6.41 Å². The van der Waals surface area contributed by atoms with E-state index in [2.05, 4.69) is 31.8 Å². The van der Waals surface area contributed by atoms with E-state index >= 15 is 0 Å². The molecule has 0 fully saturated rings. The van der Waals surface area contributed by atoms with Crippen molar-refractivity contribution in [3.8, 4) is 0 Å². The molecule has 0 spiro atoms. The van der Waals surface area contributed by atoms with Crippen LogP contribution in [0.15, 0.2) is 36.9 Å². The van der Waals surface area contributed by atoms with E-state index in [4.69, 9.17) is 0 Å². The SMILES string of the molecule is C=CC.CC.CC(C)c1ccccc1CNC=O. The van der Waals surface area contributed by atoms with Gasteiger partial charge in [-0.3, -0.25) is 4.79 Å². The summed E-state index contributed by atoms with van der Waals surface area (Å²) in [5.74, 6) is 0.504. The van der Waals surface area contributed by atoms with Crippen molar-refractivity contribution < 1.29 is 4.79 Å². The second kappa shape index (κ2) is 13.5. The zero-order valence-corrected chi connectivity index (χ0v) is 12.4. The van der Waals surface area contributed by atoms with Crippen molar-refractivity contribution in [2.75, 3.05) is 0 Å². The van der Waals surface area contributed by atoms with E-state index < -0.39 is 0 Å². The van der Waals surface area contributed by atoms with Crippen molar-refractivity contribution in [2.45, 2.75) is 47.1 Å². The van der Waals surface area contributed by atoms with Gasteiger partial charge in [0.15, 0.2) is 0 Å². The molecule has 1 aromatic carbocycles. The van der Waals surface area contributed by atoms with Crippen molar-refractivity contribution in [2.24, 2.45) is 0 Å². The molecule has 0 atom stereocenters. The van der Waals surface area contributed by atoms with Gasteiger partial charge in [-0.1, -0.05) is 58.0 Å². The first kappa shape index (κ1) is 18.8. The number of allylic oxidation sites excluding steroid dienone is 1. The zero-order valence-electron chi connectivity index (χ0n) is 12.4. The van der Waals surface area contributed by atoms with Gasteiger partial charge in [0, 0.05) is 6.54 Å². The highest BCUT2D eigenvalue weighted by molar-refractivity contribution is 5.46. The van der Waals surface area contributed by atoms with E-state index in [1.54, 1.807) is 6.08 Å². The molecule has 0 aromatic heterocycles. The molecule has 0 aliphatic rings. The average molecular weight is 249 g/mol. The number of nitrogens with one attached hydrogen (secondary N) is 1. The van der Waals surface area contributed by atoms with E-state index in [9.17, 15) is 4.79 Å². The molecule has 1 aromatic rings. The highest BCUT2D eigenvalue weighted by Gasteiger charge is 2.03. The van der Waals surface area contributed by atoms with E-state index in [1.807, 2.05) is 39.0 Å². The summed E-state index contributed by atoms with van der Waals surface area (Å²) >= 11 is 0. The number of amides is 1. The zero-order chi connectivity index (χ0) is 14.4. The van der Waals surface area contributed by atoms with Crippen LogP contribution < -0.4 is 5.32 Å². The van der Waals surface area contributed by atoms with Crippen LogP contribution in [-0.2, 0) is 11.3 Å². The summed E-state index contributed by atoms with van der Waals surface area (Å²) in [6.07, 6.45) is 2.48. The van der Waals surface area contributed by atoms with Crippen LogP contribution in [0.1, 0.15) is 51.7 Å². The summed E-state index contributed by atoms with van der Waals surface area (Å²) in [6.45, 7) is 14.2. The Kier molecular flexibility index (Phi) is 14.1. The summed E-state index contributed by atoms with van der Waals surface area (Å²) in [7, 11) is 0. The van der Waals surface area contributed by atoms with Gasteiger partial charge in [0.1, 0.15) is 0 Å². The molecule has 0 bridgehead atoms. The molecule has 1 N–H and O–H groups in total. The third-order valence-electron chi connectivity index (χ3n) is 2.05. The maximum Gasteiger partial charge on any atom is 0.207 e. The number of hydrogen-bond donors (Lipinski definition) is 1. The smallest absolute Gasteiger partial charge is 0.207 e. The lowest BCUT2D eigenvalue weighted by molar-refractivity contribution is -0.109. The summed E-state index contributed by atoms with van der Waals surface area (Å²) < 4.78 is 0. The fraction of sp³-hybridized carbons (Fsp3) is 0.438. The molecule has 0 saturated heterocycles. The molecule has 0 aliphatic carbocycles. The second-order valence-electron chi connectivity index (χ2n) is 3.76. The topological polar surface area (TPSA) is 29.1 Å². The summed E-state index contributed by atoms with van der Waals surface area (Å²) in [4.78, 5) is 10.1. The molecule has 2 nitrogen and oxygen atoms in total. The van der Waals surface area contributed by atoms with Crippen molar-refractivity contribution in [3.63, 3.8) is 0 Å². The predicted molar refractivity (Wildman–Crippen MR) is 80.7 cm³/mol. The van der Waals surface area contributed by atoms with Crippen molar-refractivity contribution in [1.29, 1.82) is 0 Å². The first-order valence-corrected chi connectivity index (χ1v) is 6.49. The molecule has 0 aliphatic heterocycles. The molecular weight excluding hydrogens is 222 g/mol. The summed E-state index contributed by atoms with van der Waals surface area (Å²) in [5.41, 5.74) is 2.50. The first-order valence-electron chi connectivity index (χ1n) is 6.49. The van der Waals surface area contributed by atoms with Gasteiger partial charge in [-0.05, 0) is 24.0 Å². The number of benzene rings is 1. The van der Waals surface area contributed by atoms with E-state index in [-0.39, 0.29) is 0 Å². The van der Waals surface area contributed by atoms with Crippen LogP contribution >= 0.6 is 0 Å². The fourth-order valence-electron chi connectivity index (χ4n) is 1.41. The summed E-state index contributed by atoms with van der Waals surface area (Å²) in [6, 6.07) is 8.17. The van der Waals surface area contributed by atoms with E-state index in [0.717, 1.165) is 6.41 Å². The van der Waals surface area contributed by atoms with Gasteiger partial charge in [0.2, 0.25) is 6.41 Å². The normalized spacial score (nSPS) is 8.33. The Bertz CT molecular complexity index is 319. The molecule has 1 amide bonds. The number of carbonyl (C=O) groups is 1. The Labute approximate surface area is 112 Å². The van der Waals surface area contributed by atoms with Gasteiger partial charge in [-0.25, -0.2) is 0 Å². The minimum atomic E-state index is 0.504. The van der Waals surface area contributed by atoms with Gasteiger partial charge >= 0.3 is 0 Å². The molecular formula is C16H27NO. The second-order valence-corrected chi connectivity index (χ2v) is 3.76. The maximum absolute atomic E-state index is 10.1. The van der Waals surface area contributed by atoms with Crippen molar-refractivity contribution in [3.05, 3.63) is 48.0 Å². The average Bonchev–Trinajstić information content (AvgIpc) is 2.40. The van der Waals surface area contributed by atoms with Crippen LogP contribution in [0.4, 0.5) is 0 Å². The minimum Gasteiger partial charge on any atom is -0.355 e. The largest absolute Gasteiger partial charge is 0.355 e. The van der Waals surface area contributed by atoms with Gasteiger partial charge in [0.25, 0.3) is 0 Å². The minimum absolute atomic E-state index is 0.504. The van der Waals surface area contributed by atoms with Crippen molar-refractivity contribution >= 4 is 6.41 Å². The lowest BCUT2D eigenvalue weighted by atomic mass is 9.97. The van der Waals surface area contributed by atoms with E-state index in [0.29, 0.717) is 12.5 Å². The molecule has 0 heterocycles. The van der Waals surface area contributed by atoms with Crippen LogP contribution in [0.2, 0.25) is 0 Å². The molecule has 102 valence electrons. The van der Waals surface area contributed by atoms with Crippen LogP contribution in [0.3, 0.4) is 0 Å². The standard InChI is InChI=1S/C11H15NO.C3H6.C2H6/c1-9(2)11-6-4-3-5-10(11)7-12-8-13;1-3-2;1-2/h3-6,8-9H,7H2,1-2H3,(H,12,13);3H,1H2,2H3;1-2H3. The van der Waals surface area contributed by atoms with Gasteiger partial charge < -0.3 is 5.32 Å². The Morgan fingerprint density at radius 3 is 2.22 bits per heavy atom. The van der Waals surface area contributed by atoms with E-state index in [1.165, 1.54) is 11.1 Å². The van der Waals surface area contributed by atoms with Crippen molar-refractivity contribution in [1.82, 2.24) is 5.32 Å². The molecule has 0 unspecified atom stereocenters. The lowest BCUT2D eigenvalue weighted by Crippen LogP contribution is -2.11. The molecule has 0 radical (unpaired) electrons. The quantitative estimate of drug-likeness (QED) is 0.626. The first-order chi connectivity index (χ1) is 8.67. The predicted octanol–water partition coefficient (Wildman–Crippen LogP) is 4.27. The monoisotopic (exact) mass is 249 g/mol. The summed E-state index contributed by atoms with van der Waals surface area (Å²) in [5, 5.41) is 2.68. The highest BCUT2D eigenvalue weighted by atomic mass is 16.1. The third-order valence-corrected chi connectivity index (χ3v) is 2.05. The number of carbonyl (C=O) groups excluding carboxylic acids is 1. The van der Waals surface area contributed by atoms with Gasteiger partial charge in [-0.15, -0.1) is 6.58 Å². The number of hydrogen-bond acceptors (Lipinski definition) is 1. The Balaban J connectivity index is 0. The maximum atomic E-state index is 10.1. The Hall–Kier alpha value is -1.57. The fourth-order valence-corrected chi connectivity index (χ4v) is 1.41. The van der Waals surface area contributed by atoms with Crippen LogP contribution in [0.5, 0.6) is 0 Å².